The molecule has 0 aromatic rings. The molecule has 2 N–H and O–H groups in total. The Morgan fingerprint density at radius 1 is 1.32 bits per heavy atom. The van der Waals surface area contributed by atoms with Gasteiger partial charge >= 0.3 is 0 Å². The van der Waals surface area contributed by atoms with Gasteiger partial charge in [0.25, 0.3) is 0 Å². The van der Waals surface area contributed by atoms with E-state index in [1.54, 1.807) is 0 Å². The van der Waals surface area contributed by atoms with Gasteiger partial charge in [-0.2, -0.15) is 0 Å². The van der Waals surface area contributed by atoms with Gasteiger partial charge in [-0.05, 0) is 59.2 Å². The zero-order valence-corrected chi connectivity index (χ0v) is 13.2. The van der Waals surface area contributed by atoms with Gasteiger partial charge in [-0.25, -0.2) is 0 Å². The summed E-state index contributed by atoms with van der Waals surface area (Å²) in [5, 5.41) is 12.6. The van der Waals surface area contributed by atoms with E-state index in [0.29, 0.717) is 0 Å². The number of nitrogens with one attached hydrogen (secondary N) is 1. The highest BCUT2D eigenvalue weighted by Crippen LogP contribution is 2.22. The third-order valence-corrected chi connectivity index (χ3v) is 4.75. The fourth-order valence-corrected chi connectivity index (χ4v) is 3.13. The van der Waals surface area contributed by atoms with Crippen molar-refractivity contribution in [2.75, 3.05) is 26.7 Å². The van der Waals surface area contributed by atoms with Gasteiger partial charge in [0.2, 0.25) is 0 Å². The van der Waals surface area contributed by atoms with E-state index < -0.39 is 0 Å². The van der Waals surface area contributed by atoms with Crippen molar-refractivity contribution in [3.63, 3.8) is 0 Å². The highest BCUT2D eigenvalue weighted by Gasteiger charge is 2.22. The number of piperidine rings is 1. The van der Waals surface area contributed by atoms with Crippen LogP contribution in [0.25, 0.3) is 0 Å². The first kappa shape index (κ1) is 16.9. The van der Waals surface area contributed by atoms with Crippen molar-refractivity contribution < 1.29 is 5.11 Å². The van der Waals surface area contributed by atoms with E-state index in [1.165, 1.54) is 58.0 Å². The Balaban J connectivity index is 2.23. The monoisotopic (exact) mass is 270 g/mol. The number of likely N-dealkylation sites (tertiary alicyclic amines) is 1. The van der Waals surface area contributed by atoms with Gasteiger partial charge in [0.15, 0.2) is 0 Å². The first-order valence-electron chi connectivity index (χ1n) is 8.19. The molecule has 0 aromatic carbocycles. The Hall–Kier alpha value is -0.120. The second-order valence-electron chi connectivity index (χ2n) is 6.40. The molecule has 1 aliphatic rings. The second kappa shape index (κ2) is 8.93. The number of unbranched alkanes of at least 4 members (excludes halogenated alkanes) is 1. The Kier molecular flexibility index (Phi) is 7.96. The smallest absolute Gasteiger partial charge is 0.0610 e. The van der Waals surface area contributed by atoms with Crippen molar-refractivity contribution in [1.29, 1.82) is 0 Å². The maximum atomic E-state index is 9.37. The molecule has 0 aromatic heterocycles. The van der Waals surface area contributed by atoms with Crippen LogP contribution in [0.3, 0.4) is 0 Å². The molecular weight excluding hydrogens is 236 g/mol. The molecule has 0 bridgehead atoms. The molecule has 0 amide bonds. The van der Waals surface area contributed by atoms with Crippen molar-refractivity contribution in [3.05, 3.63) is 0 Å². The number of nitrogens with zero attached hydrogens (tertiary/aromatic N) is 1. The minimum absolute atomic E-state index is 0.0925. The summed E-state index contributed by atoms with van der Waals surface area (Å²) in [6, 6.07) is 0.840. The second-order valence-corrected chi connectivity index (χ2v) is 6.40. The SMILES string of the molecule is CCCC1CCCCN1CCCCC(C)(CO)NC. The van der Waals surface area contributed by atoms with Crippen LogP contribution in [0.4, 0.5) is 0 Å². The largest absolute Gasteiger partial charge is 0.394 e. The molecule has 1 fully saturated rings. The zero-order chi connectivity index (χ0) is 14.1. The van der Waals surface area contributed by atoms with Crippen LogP contribution in [0.2, 0.25) is 0 Å². The third-order valence-electron chi connectivity index (χ3n) is 4.75. The molecule has 0 spiro atoms. The molecule has 0 saturated carbocycles. The summed E-state index contributed by atoms with van der Waals surface area (Å²) in [4.78, 5) is 2.71. The number of aliphatic hydroxyl groups excluding tert-OH is 1. The number of rotatable bonds is 9. The fraction of sp³-hybridized carbons (Fsp3) is 1.00. The summed E-state index contributed by atoms with van der Waals surface area (Å²) in [5.74, 6) is 0. The number of hydrogen-bond donors (Lipinski definition) is 2. The van der Waals surface area contributed by atoms with Crippen LogP contribution in [0.15, 0.2) is 0 Å². The van der Waals surface area contributed by atoms with E-state index in [9.17, 15) is 5.11 Å². The van der Waals surface area contributed by atoms with Crippen molar-refractivity contribution >= 4 is 0 Å². The summed E-state index contributed by atoms with van der Waals surface area (Å²) in [5.41, 5.74) is -0.0925. The standard InChI is InChI=1S/C16H34N2O/c1-4-9-15-10-5-7-12-18(15)13-8-6-11-16(2,14-19)17-3/h15,17,19H,4-14H2,1-3H3. The van der Waals surface area contributed by atoms with Gasteiger partial charge in [0, 0.05) is 11.6 Å². The normalized spacial score (nSPS) is 24.3. The van der Waals surface area contributed by atoms with Gasteiger partial charge in [-0.1, -0.05) is 26.2 Å². The maximum absolute atomic E-state index is 9.37. The van der Waals surface area contributed by atoms with Gasteiger partial charge in [-0.15, -0.1) is 0 Å². The molecule has 1 aliphatic heterocycles. The lowest BCUT2D eigenvalue weighted by Crippen LogP contribution is -2.43. The molecule has 114 valence electrons. The van der Waals surface area contributed by atoms with Gasteiger partial charge < -0.3 is 15.3 Å². The molecule has 19 heavy (non-hydrogen) atoms. The maximum Gasteiger partial charge on any atom is 0.0610 e. The molecule has 1 heterocycles. The first-order valence-corrected chi connectivity index (χ1v) is 8.19. The van der Waals surface area contributed by atoms with Gasteiger partial charge in [0.05, 0.1) is 6.61 Å². The lowest BCUT2D eigenvalue weighted by Gasteiger charge is -2.36. The zero-order valence-electron chi connectivity index (χ0n) is 13.2. The van der Waals surface area contributed by atoms with E-state index in [4.69, 9.17) is 0 Å². The topological polar surface area (TPSA) is 35.5 Å². The summed E-state index contributed by atoms with van der Waals surface area (Å²) in [6.07, 6.45) is 10.4. The highest BCUT2D eigenvalue weighted by atomic mass is 16.3. The van der Waals surface area contributed by atoms with E-state index in [0.717, 1.165) is 12.5 Å². The number of hydrogen-bond acceptors (Lipinski definition) is 3. The quantitative estimate of drug-likeness (QED) is 0.632. The average Bonchev–Trinajstić information content (AvgIpc) is 2.45. The first-order chi connectivity index (χ1) is 9.15. The molecule has 0 radical (unpaired) electrons. The van der Waals surface area contributed by atoms with Crippen LogP contribution >= 0.6 is 0 Å². The molecule has 3 heteroatoms. The number of aliphatic hydroxyl groups is 1. The molecule has 3 nitrogen and oxygen atoms in total. The van der Waals surface area contributed by atoms with Crippen LogP contribution in [-0.4, -0.2) is 48.3 Å². The van der Waals surface area contributed by atoms with Crippen molar-refractivity contribution in [3.8, 4) is 0 Å². The Labute approximate surface area is 119 Å². The van der Waals surface area contributed by atoms with E-state index in [1.807, 2.05) is 7.05 Å². The average molecular weight is 270 g/mol. The van der Waals surface area contributed by atoms with Crippen LogP contribution in [0.5, 0.6) is 0 Å². The molecule has 1 rings (SSSR count). The molecular formula is C16H34N2O. The minimum Gasteiger partial charge on any atom is -0.394 e. The lowest BCUT2D eigenvalue weighted by molar-refractivity contribution is 0.131. The molecule has 2 unspecified atom stereocenters. The Bertz CT molecular complexity index is 227. The van der Waals surface area contributed by atoms with E-state index >= 15 is 0 Å². The molecule has 1 saturated heterocycles. The summed E-state index contributed by atoms with van der Waals surface area (Å²) in [7, 11) is 1.94. The summed E-state index contributed by atoms with van der Waals surface area (Å²) in [6.45, 7) is 7.18. The Morgan fingerprint density at radius 2 is 2.11 bits per heavy atom. The molecule has 0 aliphatic carbocycles. The van der Waals surface area contributed by atoms with Crippen LogP contribution in [0.1, 0.15) is 65.2 Å². The van der Waals surface area contributed by atoms with E-state index in [-0.39, 0.29) is 12.1 Å². The lowest BCUT2D eigenvalue weighted by atomic mass is 9.95. The predicted molar refractivity (Wildman–Crippen MR) is 82.5 cm³/mol. The van der Waals surface area contributed by atoms with Crippen molar-refractivity contribution in [1.82, 2.24) is 10.2 Å². The predicted octanol–water partition coefficient (Wildman–Crippen LogP) is 2.78. The van der Waals surface area contributed by atoms with E-state index in [2.05, 4.69) is 24.1 Å². The molecule has 2 atom stereocenters. The van der Waals surface area contributed by atoms with Crippen LogP contribution < -0.4 is 5.32 Å². The van der Waals surface area contributed by atoms with Crippen molar-refractivity contribution in [2.45, 2.75) is 76.8 Å². The number of likely N-dealkylation sites (N-methyl/N-ethyl adjacent to an activating group) is 1. The van der Waals surface area contributed by atoms with Crippen LogP contribution in [-0.2, 0) is 0 Å². The summed E-state index contributed by atoms with van der Waals surface area (Å²) < 4.78 is 0. The highest BCUT2D eigenvalue weighted by molar-refractivity contribution is 4.81. The van der Waals surface area contributed by atoms with Gasteiger partial charge in [-0.3, -0.25) is 0 Å². The minimum atomic E-state index is -0.0925. The Morgan fingerprint density at radius 3 is 2.74 bits per heavy atom. The summed E-state index contributed by atoms with van der Waals surface area (Å²) >= 11 is 0. The third kappa shape index (κ3) is 5.80. The fourth-order valence-electron chi connectivity index (χ4n) is 3.13. The van der Waals surface area contributed by atoms with Crippen LogP contribution in [0, 0.1) is 0 Å². The van der Waals surface area contributed by atoms with Gasteiger partial charge in [0.1, 0.15) is 0 Å². The van der Waals surface area contributed by atoms with Crippen molar-refractivity contribution in [2.24, 2.45) is 0 Å².